The van der Waals surface area contributed by atoms with Gasteiger partial charge in [-0.2, -0.15) is 0 Å². The lowest BCUT2D eigenvalue weighted by Crippen LogP contribution is -2.56. The van der Waals surface area contributed by atoms with Crippen molar-refractivity contribution in [3.8, 4) is 11.5 Å². The number of rotatable bonds is 9. The third kappa shape index (κ3) is 6.51. The van der Waals surface area contributed by atoms with E-state index < -0.39 is 53.6 Å². The van der Waals surface area contributed by atoms with E-state index in [0.29, 0.717) is 33.9 Å². The Bertz CT molecular complexity index is 1800. The lowest BCUT2D eigenvalue weighted by molar-refractivity contribution is -0.122. The molecule has 0 fully saturated rings. The number of nitrogens with zero attached hydrogens (tertiary/aromatic N) is 1. The van der Waals surface area contributed by atoms with E-state index in [9.17, 15) is 23.6 Å². The van der Waals surface area contributed by atoms with Crippen LogP contribution in [-0.2, 0) is 9.53 Å². The largest absolute Gasteiger partial charge is 0.460 e. The van der Waals surface area contributed by atoms with Crippen molar-refractivity contribution in [2.45, 2.75) is 32.0 Å². The van der Waals surface area contributed by atoms with Crippen LogP contribution in [0.4, 0.5) is 10.1 Å². The van der Waals surface area contributed by atoms with Gasteiger partial charge >= 0.3 is 5.97 Å². The summed E-state index contributed by atoms with van der Waals surface area (Å²) in [5.41, 5.74) is 1.83. The fourth-order valence-electron chi connectivity index (χ4n) is 5.69. The van der Waals surface area contributed by atoms with Gasteiger partial charge in [0.15, 0.2) is 11.5 Å². The van der Waals surface area contributed by atoms with Gasteiger partial charge in [0.2, 0.25) is 12.7 Å². The second-order valence-electron chi connectivity index (χ2n) is 11.5. The second kappa shape index (κ2) is 13.3. The molecule has 0 unspecified atom stereocenters. The molecule has 3 amide bonds. The summed E-state index contributed by atoms with van der Waals surface area (Å²) in [4.78, 5) is 55.9. The number of carbonyl (C=O) groups excluding carboxylic acids is 4. The summed E-state index contributed by atoms with van der Waals surface area (Å²) in [6.45, 7) is 3.25. The molecule has 6 rings (SSSR count). The van der Waals surface area contributed by atoms with Crippen molar-refractivity contribution >= 4 is 29.4 Å². The first-order chi connectivity index (χ1) is 22.7. The second-order valence-corrected chi connectivity index (χ2v) is 11.5. The molecule has 240 valence electrons. The van der Waals surface area contributed by atoms with Crippen LogP contribution in [0.25, 0.3) is 0 Å². The number of benzene rings is 4. The van der Waals surface area contributed by atoms with Crippen LogP contribution in [0.5, 0.6) is 11.5 Å². The Labute approximate surface area is 270 Å². The zero-order valence-corrected chi connectivity index (χ0v) is 25.6. The minimum Gasteiger partial charge on any atom is -0.460 e. The molecule has 0 bridgehead atoms. The van der Waals surface area contributed by atoms with Gasteiger partial charge in [-0.1, -0.05) is 50.2 Å². The van der Waals surface area contributed by atoms with Crippen molar-refractivity contribution in [2.24, 2.45) is 5.92 Å². The van der Waals surface area contributed by atoms with Gasteiger partial charge in [0.1, 0.15) is 18.5 Å². The number of ether oxygens (including phenoxy) is 3. The Morgan fingerprint density at radius 1 is 0.830 bits per heavy atom. The first-order valence-electron chi connectivity index (χ1n) is 15.1. The highest BCUT2D eigenvalue weighted by atomic mass is 19.1. The Hall–Kier alpha value is -5.71. The lowest BCUT2D eigenvalue weighted by Gasteiger charge is -2.33. The maximum absolute atomic E-state index is 14.6. The molecular weight excluding hydrogens is 605 g/mol. The first-order valence-corrected chi connectivity index (χ1v) is 15.1. The monoisotopic (exact) mass is 637 g/mol. The molecule has 11 heteroatoms. The number of nitrogens with one attached hydrogen (secondary N) is 2. The van der Waals surface area contributed by atoms with Crippen molar-refractivity contribution in [3.05, 3.63) is 125 Å². The predicted molar refractivity (Wildman–Crippen MR) is 170 cm³/mol. The highest BCUT2D eigenvalue weighted by molar-refractivity contribution is 6.05. The minimum absolute atomic E-state index is 0.0202. The molecule has 2 aliphatic rings. The van der Waals surface area contributed by atoms with Crippen LogP contribution in [0.3, 0.4) is 0 Å². The van der Waals surface area contributed by atoms with Crippen molar-refractivity contribution in [3.63, 3.8) is 0 Å². The third-order valence-electron chi connectivity index (χ3n) is 8.11. The van der Waals surface area contributed by atoms with Crippen LogP contribution in [0.2, 0.25) is 0 Å². The normalized spacial score (nSPS) is 16.7. The van der Waals surface area contributed by atoms with Gasteiger partial charge in [0, 0.05) is 22.8 Å². The van der Waals surface area contributed by atoms with E-state index in [2.05, 4.69) is 10.6 Å². The molecule has 0 radical (unpaired) electrons. The molecule has 0 spiro atoms. The summed E-state index contributed by atoms with van der Waals surface area (Å²) < 4.78 is 30.6. The SMILES string of the molecule is CC(C)[C@H](NC(=O)c1ccc(F)cc1)C(=O)N1c2cc3c(cc2[C@H](NC(=O)c2ccccc2)[C@H]1COC(=O)c1ccccc1)OCO3. The maximum atomic E-state index is 14.6. The predicted octanol–water partition coefficient (Wildman–Crippen LogP) is 5.05. The first kappa shape index (κ1) is 31.3. The Morgan fingerprint density at radius 2 is 1.43 bits per heavy atom. The van der Waals surface area contributed by atoms with E-state index in [1.807, 2.05) is 0 Å². The van der Waals surface area contributed by atoms with Gasteiger partial charge < -0.3 is 29.7 Å². The minimum atomic E-state index is -1.05. The molecule has 0 aromatic heterocycles. The maximum Gasteiger partial charge on any atom is 0.338 e. The molecule has 10 nitrogen and oxygen atoms in total. The lowest BCUT2D eigenvalue weighted by atomic mass is 10.0. The fraction of sp³-hybridized carbons (Fsp3) is 0.222. The number of esters is 1. The number of carbonyl (C=O) groups is 4. The number of amides is 3. The highest BCUT2D eigenvalue weighted by Crippen LogP contribution is 2.47. The van der Waals surface area contributed by atoms with Gasteiger partial charge in [-0.15, -0.1) is 0 Å². The van der Waals surface area contributed by atoms with E-state index in [4.69, 9.17) is 14.2 Å². The van der Waals surface area contributed by atoms with Gasteiger partial charge in [-0.05, 0) is 60.5 Å². The number of fused-ring (bicyclic) bond motifs is 2. The van der Waals surface area contributed by atoms with Gasteiger partial charge in [0.05, 0.1) is 23.3 Å². The van der Waals surface area contributed by atoms with E-state index in [0.717, 1.165) is 12.1 Å². The zero-order chi connectivity index (χ0) is 33.1. The summed E-state index contributed by atoms with van der Waals surface area (Å²) >= 11 is 0. The summed E-state index contributed by atoms with van der Waals surface area (Å²) in [6, 6.07) is 22.5. The van der Waals surface area contributed by atoms with E-state index in [1.54, 1.807) is 86.6 Å². The van der Waals surface area contributed by atoms with E-state index in [1.165, 1.54) is 17.0 Å². The molecule has 2 heterocycles. The summed E-state index contributed by atoms with van der Waals surface area (Å²) in [6.07, 6.45) is 0. The molecule has 0 saturated carbocycles. The summed E-state index contributed by atoms with van der Waals surface area (Å²) in [7, 11) is 0. The third-order valence-corrected chi connectivity index (χ3v) is 8.11. The van der Waals surface area contributed by atoms with Crippen LogP contribution < -0.4 is 25.0 Å². The van der Waals surface area contributed by atoms with E-state index in [-0.39, 0.29) is 19.0 Å². The van der Waals surface area contributed by atoms with Crippen LogP contribution >= 0.6 is 0 Å². The molecule has 4 aromatic rings. The molecular formula is C36H32FN3O7. The molecule has 3 atom stereocenters. The van der Waals surface area contributed by atoms with Crippen LogP contribution in [-0.4, -0.2) is 49.2 Å². The number of anilines is 1. The van der Waals surface area contributed by atoms with Crippen LogP contribution in [0.15, 0.2) is 97.1 Å². The number of hydrogen-bond acceptors (Lipinski definition) is 7. The van der Waals surface area contributed by atoms with E-state index >= 15 is 0 Å². The quantitative estimate of drug-likeness (QED) is 0.246. The van der Waals surface area contributed by atoms with Crippen molar-refractivity contribution in [1.82, 2.24) is 10.6 Å². The smallest absolute Gasteiger partial charge is 0.338 e. The van der Waals surface area contributed by atoms with Gasteiger partial charge in [-0.25, -0.2) is 9.18 Å². The molecule has 4 aromatic carbocycles. The van der Waals surface area contributed by atoms with Crippen molar-refractivity contribution in [2.75, 3.05) is 18.3 Å². The Balaban J connectivity index is 1.39. The number of halogens is 1. The average molecular weight is 638 g/mol. The average Bonchev–Trinajstić information content (AvgIpc) is 3.67. The Morgan fingerprint density at radius 3 is 2.06 bits per heavy atom. The van der Waals surface area contributed by atoms with Crippen LogP contribution in [0, 0.1) is 11.7 Å². The molecule has 2 N–H and O–H groups in total. The van der Waals surface area contributed by atoms with Crippen LogP contribution in [0.1, 0.15) is 56.5 Å². The molecule has 2 aliphatic heterocycles. The fourth-order valence-corrected chi connectivity index (χ4v) is 5.69. The topological polar surface area (TPSA) is 123 Å². The summed E-state index contributed by atoms with van der Waals surface area (Å²) in [5.74, 6) is -2.15. The highest BCUT2D eigenvalue weighted by Gasteiger charge is 2.47. The van der Waals surface area contributed by atoms with Gasteiger partial charge in [-0.3, -0.25) is 14.4 Å². The Kier molecular flexibility index (Phi) is 8.88. The van der Waals surface area contributed by atoms with Crippen molar-refractivity contribution < 1.29 is 37.8 Å². The number of hydrogen-bond donors (Lipinski definition) is 2. The van der Waals surface area contributed by atoms with Crippen molar-refractivity contribution in [1.29, 1.82) is 0 Å². The molecule has 0 aliphatic carbocycles. The van der Waals surface area contributed by atoms with Gasteiger partial charge in [0.25, 0.3) is 11.8 Å². The molecule has 0 saturated heterocycles. The zero-order valence-electron chi connectivity index (χ0n) is 25.6. The molecule has 47 heavy (non-hydrogen) atoms. The standard InChI is InChI=1S/C36H32FN3O7/c1-21(2)31(38-34(42)23-13-15-25(37)16-14-23)35(43)40-27-18-30-29(46-20-47-30)17-26(27)32(39-33(41)22-9-5-3-6-10-22)28(40)19-45-36(44)24-11-7-4-8-12-24/h3-18,21,28,31-32H,19-20H2,1-2H3,(H,38,42)(H,39,41)/t28-,31+,32+/m1/s1. The summed E-state index contributed by atoms with van der Waals surface area (Å²) in [5, 5.41) is 5.84.